The molecule has 2 saturated heterocycles. The number of benzene rings is 2. The Morgan fingerprint density at radius 1 is 0.814 bits per heavy atom. The zero-order valence-electron chi connectivity index (χ0n) is 25.2. The number of carbonyl (C=O) groups is 2. The number of nitrogens with one attached hydrogen (secondary N) is 1. The molecule has 4 bridgehead atoms. The SMILES string of the molecule is COc1ccc2c3c1O[C@H]1C(=O)CCC4C(C2)N(C)CC[C@@]341.COc1ccc2c3c1O[C@H]1C(=O)CCC4C(C2)NCC[C@@]341. The molecule has 4 aliphatic carbocycles. The topological polar surface area (TPSA) is 86.3 Å². The molecule has 0 amide bonds. The summed E-state index contributed by atoms with van der Waals surface area (Å²) in [6.07, 6.45) is 6.87. The standard InChI is InChI=1S/C18H21NO3.C17H19NO3/c1-19-8-7-18-11-4-5-13(20)17(18)22-16-14(21-2)6-3-10(15(16)18)9-12(11)19;1-20-13-5-2-9-8-11-10-3-4-12(19)16-17(10,6-7-18-11)14(9)15(13)21-16/h3,6,11-12,17H,4-5,7-9H2,1-2H3;2,5,10-11,16,18H,3-4,6-8H2,1H3/t11?,12?,17-,18-;10?,11?,16-,17-/m00/s1. The van der Waals surface area contributed by atoms with E-state index in [4.69, 9.17) is 18.9 Å². The first-order valence-corrected chi connectivity index (χ1v) is 16.2. The van der Waals surface area contributed by atoms with Crippen molar-refractivity contribution in [2.75, 3.05) is 34.4 Å². The summed E-state index contributed by atoms with van der Waals surface area (Å²) in [6, 6.07) is 9.38. The van der Waals surface area contributed by atoms with E-state index < -0.39 is 0 Å². The van der Waals surface area contributed by atoms with E-state index in [9.17, 15) is 9.59 Å². The van der Waals surface area contributed by atoms with Gasteiger partial charge in [-0.1, -0.05) is 12.1 Å². The van der Waals surface area contributed by atoms with Crippen LogP contribution in [0.1, 0.15) is 60.8 Å². The highest BCUT2D eigenvalue weighted by Gasteiger charge is 2.66. The van der Waals surface area contributed by atoms with Gasteiger partial charge >= 0.3 is 0 Å². The second-order valence-electron chi connectivity index (χ2n) is 14.1. The molecular weight excluding hydrogens is 544 g/mol. The summed E-state index contributed by atoms with van der Waals surface area (Å²) in [5.74, 6) is 4.88. The molecule has 2 aromatic rings. The third-order valence-electron chi connectivity index (χ3n) is 12.7. The number of hydrogen-bond acceptors (Lipinski definition) is 8. The van der Waals surface area contributed by atoms with Crippen LogP contribution >= 0.6 is 0 Å². The van der Waals surface area contributed by atoms with Crippen molar-refractivity contribution in [2.24, 2.45) is 11.8 Å². The van der Waals surface area contributed by atoms with Gasteiger partial charge in [-0.25, -0.2) is 0 Å². The van der Waals surface area contributed by atoms with Gasteiger partial charge in [0.1, 0.15) is 0 Å². The fourth-order valence-electron chi connectivity index (χ4n) is 11.1. The van der Waals surface area contributed by atoms with Crippen LogP contribution < -0.4 is 24.3 Å². The van der Waals surface area contributed by atoms with E-state index in [0.717, 1.165) is 74.6 Å². The lowest BCUT2D eigenvalue weighted by Gasteiger charge is -2.57. The first-order chi connectivity index (χ1) is 20.9. The fourth-order valence-corrected chi connectivity index (χ4v) is 11.1. The van der Waals surface area contributed by atoms with Crippen molar-refractivity contribution in [3.8, 4) is 23.0 Å². The molecule has 0 aromatic heterocycles. The van der Waals surface area contributed by atoms with Gasteiger partial charge in [0.25, 0.3) is 0 Å². The van der Waals surface area contributed by atoms with Crippen LogP contribution in [0, 0.1) is 11.8 Å². The largest absolute Gasteiger partial charge is 0.493 e. The Balaban J connectivity index is 0.000000121. The minimum absolute atomic E-state index is 0.0933. The summed E-state index contributed by atoms with van der Waals surface area (Å²) in [5.41, 5.74) is 5.12. The molecule has 4 fully saturated rings. The van der Waals surface area contributed by atoms with Gasteiger partial charge in [-0.3, -0.25) is 9.59 Å². The number of ketones is 2. The second kappa shape index (κ2) is 8.98. The zero-order valence-corrected chi connectivity index (χ0v) is 25.2. The van der Waals surface area contributed by atoms with Gasteiger partial charge in [0.2, 0.25) is 0 Å². The van der Waals surface area contributed by atoms with Crippen molar-refractivity contribution in [3.63, 3.8) is 0 Å². The number of methoxy groups -OCH3 is 2. The molecule has 8 heteroatoms. The molecular formula is C35H40N2O6. The predicted octanol–water partition coefficient (Wildman–Crippen LogP) is 3.52. The van der Waals surface area contributed by atoms with Crippen molar-refractivity contribution >= 4 is 11.6 Å². The lowest BCUT2D eigenvalue weighted by atomic mass is 9.52. The molecule has 0 radical (unpaired) electrons. The quantitative estimate of drug-likeness (QED) is 0.574. The molecule has 10 rings (SSSR count). The van der Waals surface area contributed by atoms with E-state index in [1.807, 2.05) is 12.1 Å². The van der Waals surface area contributed by atoms with Gasteiger partial charge in [0.15, 0.2) is 46.8 Å². The number of carbonyl (C=O) groups excluding carboxylic acids is 2. The van der Waals surface area contributed by atoms with Gasteiger partial charge in [-0.05, 0) is 93.8 Å². The van der Waals surface area contributed by atoms with Crippen molar-refractivity contribution in [2.45, 2.75) is 86.5 Å². The second-order valence-corrected chi connectivity index (χ2v) is 14.1. The third-order valence-corrected chi connectivity index (χ3v) is 12.7. The van der Waals surface area contributed by atoms with E-state index in [2.05, 4.69) is 29.4 Å². The Bertz CT molecular complexity index is 1570. The number of rotatable bonds is 2. The van der Waals surface area contributed by atoms with Gasteiger partial charge in [-0.15, -0.1) is 0 Å². The lowest BCUT2D eigenvalue weighted by molar-refractivity contribution is -0.138. The van der Waals surface area contributed by atoms with Crippen LogP contribution in [0.15, 0.2) is 24.3 Å². The highest BCUT2D eigenvalue weighted by Crippen LogP contribution is 2.64. The van der Waals surface area contributed by atoms with Crippen molar-refractivity contribution in [3.05, 3.63) is 46.5 Å². The number of nitrogens with zero attached hydrogens (tertiary/aromatic N) is 1. The molecule has 226 valence electrons. The Labute approximate surface area is 252 Å². The van der Waals surface area contributed by atoms with Gasteiger partial charge < -0.3 is 29.2 Å². The maximum absolute atomic E-state index is 12.6. The number of hydrogen-bond donors (Lipinski definition) is 1. The Morgan fingerprint density at radius 3 is 2.02 bits per heavy atom. The van der Waals surface area contributed by atoms with Crippen molar-refractivity contribution < 1.29 is 28.5 Å². The Morgan fingerprint density at radius 2 is 1.40 bits per heavy atom. The minimum atomic E-state index is -0.286. The molecule has 8 aliphatic rings. The minimum Gasteiger partial charge on any atom is -0.493 e. The van der Waals surface area contributed by atoms with Crippen LogP contribution in [-0.4, -0.2) is 75.1 Å². The van der Waals surface area contributed by atoms with Crippen LogP contribution in [0.4, 0.5) is 0 Å². The molecule has 4 unspecified atom stereocenters. The molecule has 43 heavy (non-hydrogen) atoms. The summed E-state index contributed by atoms with van der Waals surface area (Å²) >= 11 is 0. The number of likely N-dealkylation sites (N-methyl/N-ethyl adjacent to an activating group) is 1. The van der Waals surface area contributed by atoms with Gasteiger partial charge in [0.05, 0.1) is 14.2 Å². The van der Waals surface area contributed by atoms with E-state index in [1.54, 1.807) is 14.2 Å². The molecule has 2 spiro atoms. The lowest BCUT2D eigenvalue weighted by Crippen LogP contribution is -2.65. The van der Waals surface area contributed by atoms with E-state index in [1.165, 1.54) is 22.3 Å². The molecule has 2 aromatic carbocycles. The smallest absolute Gasteiger partial charge is 0.174 e. The average molecular weight is 585 g/mol. The van der Waals surface area contributed by atoms with Gasteiger partial charge in [-0.2, -0.15) is 0 Å². The Kier molecular flexibility index (Phi) is 5.49. The number of Topliss-reactive ketones (excluding diaryl/α,β-unsaturated/α-hetero) is 2. The number of likely N-dealkylation sites (tertiary alicyclic amines) is 1. The molecule has 2 saturated carbocycles. The van der Waals surface area contributed by atoms with E-state index in [-0.39, 0.29) is 34.6 Å². The average Bonchev–Trinajstić information content (AvgIpc) is 3.55. The summed E-state index contributed by atoms with van der Waals surface area (Å²) in [6.45, 7) is 2.02. The summed E-state index contributed by atoms with van der Waals surface area (Å²) < 4.78 is 23.5. The molecule has 4 heterocycles. The highest BCUT2D eigenvalue weighted by atomic mass is 16.5. The monoisotopic (exact) mass is 584 g/mol. The summed E-state index contributed by atoms with van der Waals surface area (Å²) in [7, 11) is 5.59. The van der Waals surface area contributed by atoms with Crippen LogP contribution in [0.25, 0.3) is 0 Å². The van der Waals surface area contributed by atoms with Gasteiger partial charge in [0, 0.05) is 46.9 Å². The fraction of sp³-hybridized carbons (Fsp3) is 0.600. The van der Waals surface area contributed by atoms with Crippen molar-refractivity contribution in [1.29, 1.82) is 0 Å². The van der Waals surface area contributed by atoms with Crippen LogP contribution in [-0.2, 0) is 33.3 Å². The van der Waals surface area contributed by atoms with E-state index >= 15 is 0 Å². The molecule has 4 aliphatic heterocycles. The summed E-state index contributed by atoms with van der Waals surface area (Å²) in [5, 5.41) is 3.67. The van der Waals surface area contributed by atoms with Crippen LogP contribution in [0.2, 0.25) is 0 Å². The normalized spacial score (nSPS) is 38.6. The first-order valence-electron chi connectivity index (χ1n) is 16.2. The zero-order chi connectivity index (χ0) is 29.2. The molecule has 8 nitrogen and oxygen atoms in total. The van der Waals surface area contributed by atoms with Crippen molar-refractivity contribution in [1.82, 2.24) is 10.2 Å². The van der Waals surface area contributed by atoms with E-state index in [0.29, 0.717) is 36.8 Å². The third kappa shape index (κ3) is 3.14. The Hall–Kier alpha value is -3.10. The highest BCUT2D eigenvalue weighted by molar-refractivity contribution is 5.90. The predicted molar refractivity (Wildman–Crippen MR) is 158 cm³/mol. The van der Waals surface area contributed by atoms with Crippen LogP contribution in [0.5, 0.6) is 23.0 Å². The number of piperidine rings is 2. The molecule has 1 N–H and O–H groups in total. The number of ether oxygens (including phenoxy) is 4. The molecule has 8 atom stereocenters. The first kappa shape index (κ1) is 26.3. The maximum atomic E-state index is 12.6. The maximum Gasteiger partial charge on any atom is 0.174 e. The summed E-state index contributed by atoms with van der Waals surface area (Å²) in [4.78, 5) is 27.6. The van der Waals surface area contributed by atoms with Crippen LogP contribution in [0.3, 0.4) is 0 Å².